The molecule has 1 aliphatic heterocycles. The van der Waals surface area contributed by atoms with Crippen LogP contribution < -0.4 is 10.1 Å². The van der Waals surface area contributed by atoms with E-state index in [1.807, 2.05) is 58.9 Å². The first-order chi connectivity index (χ1) is 21.7. The molecule has 5 heterocycles. The first-order valence-corrected chi connectivity index (χ1v) is 15.3. The number of fused-ring (bicyclic) bond motifs is 3. The van der Waals surface area contributed by atoms with E-state index in [4.69, 9.17) is 14.8 Å². The predicted molar refractivity (Wildman–Crippen MR) is 164 cm³/mol. The van der Waals surface area contributed by atoms with Gasteiger partial charge in [0.2, 0.25) is 0 Å². The summed E-state index contributed by atoms with van der Waals surface area (Å²) in [6.45, 7) is 0.998. The molecule has 1 N–H and O–H groups in total. The van der Waals surface area contributed by atoms with Crippen molar-refractivity contribution in [3.05, 3.63) is 71.5 Å². The van der Waals surface area contributed by atoms with E-state index in [1.54, 1.807) is 6.33 Å². The minimum absolute atomic E-state index is 0.0127. The molecule has 6 aromatic rings. The summed E-state index contributed by atoms with van der Waals surface area (Å²) in [7, 11) is 1.92. The van der Waals surface area contributed by atoms with E-state index >= 15 is 4.39 Å². The van der Waals surface area contributed by atoms with Gasteiger partial charge >= 0.3 is 6.61 Å². The molecule has 2 aromatic carbocycles. The molecule has 4 aromatic heterocycles. The molecular weight excluding hydrogens is 608 g/mol. The number of nitrogens with one attached hydrogen (secondary N) is 1. The van der Waals surface area contributed by atoms with Gasteiger partial charge in [0, 0.05) is 53.0 Å². The first-order valence-electron chi connectivity index (χ1n) is 14.4. The lowest BCUT2D eigenvalue weighted by molar-refractivity contribution is -0.133. The topological polar surface area (TPSA) is 79.0 Å². The Morgan fingerprint density at radius 3 is 2.69 bits per heavy atom. The number of rotatable bonds is 8. The Balaban J connectivity index is 1.49. The zero-order valence-electron chi connectivity index (χ0n) is 24.5. The summed E-state index contributed by atoms with van der Waals surface area (Å²) < 4.78 is 70.3. The number of thiophene rings is 1. The smallest absolute Gasteiger partial charge is 0.345 e. The summed E-state index contributed by atoms with van der Waals surface area (Å²) >= 11 is 1.38. The van der Waals surface area contributed by atoms with Gasteiger partial charge in [-0.2, -0.15) is 13.9 Å². The lowest BCUT2D eigenvalue weighted by atomic mass is 9.96. The fourth-order valence-electron chi connectivity index (χ4n) is 5.88. The Bertz CT molecular complexity index is 2030. The van der Waals surface area contributed by atoms with Crippen molar-refractivity contribution in [2.45, 2.75) is 32.5 Å². The molecule has 0 saturated heterocycles. The van der Waals surface area contributed by atoms with Crippen LogP contribution >= 0.6 is 11.3 Å². The molecule has 8 nitrogen and oxygen atoms in total. The second-order valence-electron chi connectivity index (χ2n) is 11.0. The van der Waals surface area contributed by atoms with E-state index in [9.17, 15) is 13.2 Å². The SMILES string of the molecule is C[C@H]1NC[C@H](C)n2nc(-c3nc(-c4ccc5c(c4)ncn5C)c4ccsc4c3-c3c(F)cc(F)cc3OCCOC(F)F)cc21. The highest BCUT2D eigenvalue weighted by Gasteiger charge is 2.29. The number of benzene rings is 2. The maximum absolute atomic E-state index is 16.0. The van der Waals surface area contributed by atoms with Crippen molar-refractivity contribution in [3.8, 4) is 39.5 Å². The van der Waals surface area contributed by atoms with Crippen LogP contribution in [0.4, 0.5) is 17.6 Å². The Kier molecular flexibility index (Phi) is 7.54. The van der Waals surface area contributed by atoms with Gasteiger partial charge in [-0.05, 0) is 43.5 Å². The van der Waals surface area contributed by atoms with Gasteiger partial charge in [0.15, 0.2) is 0 Å². The maximum atomic E-state index is 16.0. The van der Waals surface area contributed by atoms with Crippen LogP contribution in [0.2, 0.25) is 0 Å². The monoisotopic (exact) mass is 636 g/mol. The van der Waals surface area contributed by atoms with Gasteiger partial charge in [-0.1, -0.05) is 6.07 Å². The second kappa shape index (κ2) is 11.5. The summed E-state index contributed by atoms with van der Waals surface area (Å²) in [5.74, 6) is -1.91. The van der Waals surface area contributed by atoms with Crippen molar-refractivity contribution in [2.24, 2.45) is 7.05 Å². The molecule has 0 amide bonds. The Hall–Kier alpha value is -4.33. The van der Waals surface area contributed by atoms with Crippen LogP contribution in [-0.4, -0.2) is 50.7 Å². The van der Waals surface area contributed by atoms with Crippen molar-refractivity contribution in [2.75, 3.05) is 19.8 Å². The number of aryl methyl sites for hydroxylation is 1. The number of aromatic nitrogens is 5. The van der Waals surface area contributed by atoms with Crippen molar-refractivity contribution in [1.29, 1.82) is 0 Å². The molecule has 0 fully saturated rings. The van der Waals surface area contributed by atoms with Crippen molar-refractivity contribution >= 4 is 32.5 Å². The molecule has 0 aliphatic carbocycles. The van der Waals surface area contributed by atoms with E-state index in [0.717, 1.165) is 46.4 Å². The third-order valence-corrected chi connectivity index (χ3v) is 8.98. The lowest BCUT2D eigenvalue weighted by Gasteiger charge is -2.27. The zero-order valence-corrected chi connectivity index (χ0v) is 25.3. The number of imidazole rings is 1. The molecule has 13 heteroatoms. The van der Waals surface area contributed by atoms with Crippen LogP contribution in [-0.2, 0) is 11.8 Å². The van der Waals surface area contributed by atoms with Crippen LogP contribution in [0.15, 0.2) is 54.2 Å². The quantitative estimate of drug-likeness (QED) is 0.138. The van der Waals surface area contributed by atoms with E-state index in [0.29, 0.717) is 27.3 Å². The minimum atomic E-state index is -3.00. The minimum Gasteiger partial charge on any atom is -0.490 e. The molecule has 2 atom stereocenters. The fraction of sp³-hybridized carbons (Fsp3) is 0.281. The number of halogens is 4. The highest BCUT2D eigenvalue weighted by Crippen LogP contribution is 2.47. The summed E-state index contributed by atoms with van der Waals surface area (Å²) in [5, 5.41) is 11.0. The second-order valence-corrected chi connectivity index (χ2v) is 11.9. The van der Waals surface area contributed by atoms with Gasteiger partial charge < -0.3 is 19.4 Å². The van der Waals surface area contributed by atoms with E-state index < -0.39 is 24.9 Å². The van der Waals surface area contributed by atoms with Gasteiger partial charge in [-0.15, -0.1) is 11.3 Å². The van der Waals surface area contributed by atoms with Crippen molar-refractivity contribution in [3.63, 3.8) is 0 Å². The molecule has 0 spiro atoms. The average molecular weight is 637 g/mol. The van der Waals surface area contributed by atoms with E-state index in [1.165, 1.54) is 11.3 Å². The zero-order chi connectivity index (χ0) is 31.4. The molecule has 0 bridgehead atoms. The van der Waals surface area contributed by atoms with Crippen LogP contribution in [0.3, 0.4) is 0 Å². The van der Waals surface area contributed by atoms with Gasteiger partial charge in [0.05, 0.1) is 47.0 Å². The molecular formula is C32H28F4N6O2S. The van der Waals surface area contributed by atoms with Gasteiger partial charge in [0.25, 0.3) is 0 Å². The normalized spacial score (nSPS) is 16.6. The molecule has 1 aliphatic rings. The summed E-state index contributed by atoms with van der Waals surface area (Å²) in [4.78, 5) is 9.67. The highest BCUT2D eigenvalue weighted by atomic mass is 32.1. The van der Waals surface area contributed by atoms with E-state index in [-0.39, 0.29) is 30.0 Å². The van der Waals surface area contributed by atoms with Crippen LogP contribution in [0.1, 0.15) is 31.6 Å². The molecule has 0 unspecified atom stereocenters. The third-order valence-electron chi connectivity index (χ3n) is 8.05. The summed E-state index contributed by atoms with van der Waals surface area (Å²) in [5.41, 5.74) is 5.37. The number of alkyl halides is 2. The van der Waals surface area contributed by atoms with Gasteiger partial charge in [-0.25, -0.2) is 18.7 Å². The number of hydrogen-bond acceptors (Lipinski definition) is 7. The van der Waals surface area contributed by atoms with Crippen molar-refractivity contribution in [1.82, 2.24) is 29.6 Å². The summed E-state index contributed by atoms with van der Waals surface area (Å²) in [6.07, 6.45) is 1.74. The Morgan fingerprint density at radius 2 is 1.89 bits per heavy atom. The fourth-order valence-corrected chi connectivity index (χ4v) is 6.83. The first kappa shape index (κ1) is 29.4. The molecule has 7 rings (SSSR count). The average Bonchev–Trinajstić information content (AvgIpc) is 3.76. The Morgan fingerprint density at radius 1 is 1.04 bits per heavy atom. The van der Waals surface area contributed by atoms with Crippen LogP contribution in [0.25, 0.3) is 54.9 Å². The number of hydrogen-bond donors (Lipinski definition) is 1. The molecule has 0 saturated carbocycles. The molecule has 232 valence electrons. The number of pyridine rings is 1. The standard InChI is InChI=1S/C32H28F4N6O2S/c1-16-14-37-17(2)25-13-23(40-42(16)25)30-28(27-21(34)11-19(33)12-26(27)43-7-8-44-32(35)36)31-20(6-9-45-31)29(39-30)18-4-5-24-22(10-18)38-15-41(24)3/h4-6,9-13,15-17,32,37H,7-8,14H2,1-3H3/t16-,17+/m0/s1. The third kappa shape index (κ3) is 5.24. The lowest BCUT2D eigenvalue weighted by Crippen LogP contribution is -2.34. The number of ether oxygens (including phenoxy) is 2. The van der Waals surface area contributed by atoms with Crippen LogP contribution in [0.5, 0.6) is 5.75 Å². The van der Waals surface area contributed by atoms with Gasteiger partial charge in [0.1, 0.15) is 35.4 Å². The van der Waals surface area contributed by atoms with Crippen molar-refractivity contribution < 1.29 is 27.0 Å². The van der Waals surface area contributed by atoms with E-state index in [2.05, 4.69) is 22.0 Å². The predicted octanol–water partition coefficient (Wildman–Crippen LogP) is 7.50. The molecule has 45 heavy (non-hydrogen) atoms. The maximum Gasteiger partial charge on any atom is 0.345 e. The highest BCUT2D eigenvalue weighted by molar-refractivity contribution is 7.18. The Labute approximate surface area is 259 Å². The number of nitrogens with zero attached hydrogens (tertiary/aromatic N) is 5. The largest absolute Gasteiger partial charge is 0.490 e. The van der Waals surface area contributed by atoms with Crippen LogP contribution in [0, 0.1) is 11.6 Å². The van der Waals surface area contributed by atoms with Gasteiger partial charge in [-0.3, -0.25) is 4.68 Å². The molecule has 0 radical (unpaired) electrons. The summed E-state index contributed by atoms with van der Waals surface area (Å²) in [6, 6.07) is 11.6.